The highest BCUT2D eigenvalue weighted by Gasteiger charge is 2.46. The number of aliphatic hydroxyl groups excluding tert-OH is 1. The van der Waals surface area contributed by atoms with Crippen LogP contribution < -0.4 is 4.74 Å². The highest BCUT2D eigenvalue weighted by Crippen LogP contribution is 2.41. The molecule has 1 aliphatic rings. The number of ether oxygens (including phenoxy) is 1. The van der Waals surface area contributed by atoms with Crippen LogP contribution in [0.3, 0.4) is 0 Å². The van der Waals surface area contributed by atoms with Crippen molar-refractivity contribution in [1.82, 2.24) is 4.90 Å². The average molecular weight is 393 g/mol. The van der Waals surface area contributed by atoms with Crippen molar-refractivity contribution < 1.29 is 19.4 Å². The second kappa shape index (κ2) is 8.95. The molecule has 1 unspecified atom stereocenters. The third kappa shape index (κ3) is 3.90. The van der Waals surface area contributed by atoms with E-state index in [1.54, 1.807) is 29.2 Å². The Bertz CT molecular complexity index is 947. The molecule has 1 heterocycles. The van der Waals surface area contributed by atoms with Crippen LogP contribution in [0.2, 0.25) is 0 Å². The van der Waals surface area contributed by atoms with E-state index in [2.05, 4.69) is 6.92 Å². The Morgan fingerprint density at radius 2 is 1.76 bits per heavy atom. The number of rotatable bonds is 7. The molecule has 2 aromatic rings. The van der Waals surface area contributed by atoms with Gasteiger partial charge >= 0.3 is 0 Å². The molecule has 152 valence electrons. The van der Waals surface area contributed by atoms with E-state index in [4.69, 9.17) is 4.74 Å². The number of carbonyl (C=O) groups is 2. The molecule has 0 aliphatic carbocycles. The van der Waals surface area contributed by atoms with E-state index >= 15 is 0 Å². The number of benzene rings is 2. The second-order valence-electron chi connectivity index (χ2n) is 7.26. The normalized spacial score (nSPS) is 18.3. The largest absolute Gasteiger partial charge is 0.507 e. The van der Waals surface area contributed by atoms with Crippen LogP contribution in [0.15, 0.2) is 54.1 Å². The van der Waals surface area contributed by atoms with E-state index < -0.39 is 17.7 Å². The monoisotopic (exact) mass is 393 g/mol. The smallest absolute Gasteiger partial charge is 0.295 e. The lowest BCUT2D eigenvalue weighted by atomic mass is 9.92. The van der Waals surface area contributed by atoms with Gasteiger partial charge < -0.3 is 14.7 Å². The highest BCUT2D eigenvalue weighted by molar-refractivity contribution is 6.46. The summed E-state index contributed by atoms with van der Waals surface area (Å²) in [7, 11) is 1.51. The highest BCUT2D eigenvalue weighted by atomic mass is 16.5. The number of nitrogens with zero attached hydrogens (tertiary/aromatic N) is 1. The summed E-state index contributed by atoms with van der Waals surface area (Å²) in [4.78, 5) is 27.5. The van der Waals surface area contributed by atoms with E-state index in [1.807, 2.05) is 31.2 Å². The summed E-state index contributed by atoms with van der Waals surface area (Å²) < 4.78 is 5.36. The molecule has 5 heteroatoms. The van der Waals surface area contributed by atoms with E-state index in [0.29, 0.717) is 17.9 Å². The lowest BCUT2D eigenvalue weighted by Gasteiger charge is -2.26. The minimum Gasteiger partial charge on any atom is -0.507 e. The number of ketones is 1. The molecule has 0 spiro atoms. The molecule has 1 amide bonds. The molecule has 0 radical (unpaired) electrons. The standard InChI is InChI=1S/C24H27NO4/c1-4-5-10-15-25-21(17-12-7-6-11-16(17)2)20(23(27)24(25)28)22(26)18-13-8-9-14-19(18)29-3/h6-9,11-14,21,26H,4-5,10,15H2,1-3H3/b22-20+. The Hall–Kier alpha value is -3.08. The summed E-state index contributed by atoms with van der Waals surface area (Å²) in [5, 5.41) is 11.1. The number of hydrogen-bond acceptors (Lipinski definition) is 4. The van der Waals surface area contributed by atoms with Gasteiger partial charge in [0.1, 0.15) is 11.5 Å². The van der Waals surface area contributed by atoms with Gasteiger partial charge in [0.2, 0.25) is 0 Å². The van der Waals surface area contributed by atoms with E-state index in [0.717, 1.165) is 30.4 Å². The molecule has 1 N–H and O–H groups in total. The van der Waals surface area contributed by atoms with Crippen molar-refractivity contribution in [2.75, 3.05) is 13.7 Å². The second-order valence-corrected chi connectivity index (χ2v) is 7.26. The molecule has 0 bridgehead atoms. The van der Waals surface area contributed by atoms with Crippen LogP contribution in [-0.2, 0) is 9.59 Å². The van der Waals surface area contributed by atoms with Crippen molar-refractivity contribution in [2.45, 2.75) is 39.2 Å². The first-order valence-electron chi connectivity index (χ1n) is 9.98. The number of methoxy groups -OCH3 is 1. The van der Waals surface area contributed by atoms with Crippen molar-refractivity contribution in [1.29, 1.82) is 0 Å². The summed E-state index contributed by atoms with van der Waals surface area (Å²) >= 11 is 0. The van der Waals surface area contributed by atoms with Gasteiger partial charge in [-0.05, 0) is 36.6 Å². The van der Waals surface area contributed by atoms with Gasteiger partial charge in [0, 0.05) is 6.54 Å². The molecular weight excluding hydrogens is 366 g/mol. The molecule has 1 atom stereocenters. The summed E-state index contributed by atoms with van der Waals surface area (Å²) in [5.74, 6) is -0.971. The van der Waals surface area contributed by atoms with Crippen LogP contribution >= 0.6 is 0 Å². The van der Waals surface area contributed by atoms with Gasteiger partial charge in [-0.15, -0.1) is 0 Å². The molecular formula is C24H27NO4. The van der Waals surface area contributed by atoms with Crippen molar-refractivity contribution in [3.05, 3.63) is 70.8 Å². The molecule has 1 aliphatic heterocycles. The van der Waals surface area contributed by atoms with E-state index in [9.17, 15) is 14.7 Å². The fourth-order valence-electron chi connectivity index (χ4n) is 3.85. The van der Waals surface area contributed by atoms with E-state index in [-0.39, 0.29) is 11.3 Å². The van der Waals surface area contributed by atoms with Gasteiger partial charge in [0.15, 0.2) is 0 Å². The summed E-state index contributed by atoms with van der Waals surface area (Å²) in [6, 6.07) is 14.0. The number of hydrogen-bond donors (Lipinski definition) is 1. The van der Waals surface area contributed by atoms with E-state index in [1.165, 1.54) is 7.11 Å². The number of likely N-dealkylation sites (tertiary alicyclic amines) is 1. The zero-order chi connectivity index (χ0) is 21.0. The fraction of sp³-hybridized carbons (Fsp3) is 0.333. The van der Waals surface area contributed by atoms with Crippen LogP contribution in [-0.4, -0.2) is 35.4 Å². The van der Waals surface area contributed by atoms with Crippen LogP contribution in [0.1, 0.15) is 48.9 Å². The third-order valence-electron chi connectivity index (χ3n) is 5.39. The first-order chi connectivity index (χ1) is 14.0. The van der Waals surface area contributed by atoms with Crippen molar-refractivity contribution in [3.8, 4) is 5.75 Å². The van der Waals surface area contributed by atoms with Gasteiger partial charge in [-0.3, -0.25) is 9.59 Å². The topological polar surface area (TPSA) is 66.8 Å². The molecule has 3 rings (SSSR count). The van der Waals surface area contributed by atoms with Crippen LogP contribution in [0.4, 0.5) is 0 Å². The molecule has 2 aromatic carbocycles. The molecule has 5 nitrogen and oxygen atoms in total. The number of unbranched alkanes of at least 4 members (excludes halogenated alkanes) is 2. The predicted octanol–water partition coefficient (Wildman–Crippen LogP) is 4.62. The Balaban J connectivity index is 2.18. The lowest BCUT2D eigenvalue weighted by molar-refractivity contribution is -0.139. The summed E-state index contributed by atoms with van der Waals surface area (Å²) in [6.07, 6.45) is 2.79. The Labute approximate surface area is 171 Å². The van der Waals surface area contributed by atoms with Crippen molar-refractivity contribution in [2.24, 2.45) is 0 Å². The lowest BCUT2D eigenvalue weighted by Crippen LogP contribution is -2.31. The molecule has 0 aromatic heterocycles. The minimum absolute atomic E-state index is 0.116. The van der Waals surface area contributed by atoms with Crippen LogP contribution in [0.25, 0.3) is 5.76 Å². The molecule has 29 heavy (non-hydrogen) atoms. The van der Waals surface area contributed by atoms with Crippen LogP contribution in [0, 0.1) is 6.92 Å². The summed E-state index contributed by atoms with van der Waals surface area (Å²) in [5.41, 5.74) is 2.33. The van der Waals surface area contributed by atoms with Crippen molar-refractivity contribution in [3.63, 3.8) is 0 Å². The quantitative estimate of drug-likeness (QED) is 0.323. The first-order valence-corrected chi connectivity index (χ1v) is 9.98. The SMILES string of the molecule is CCCCCN1C(=O)C(=O)/C(=C(/O)c2ccccc2OC)C1c1ccccc1C. The molecule has 0 saturated carbocycles. The minimum atomic E-state index is -0.654. The summed E-state index contributed by atoms with van der Waals surface area (Å²) in [6.45, 7) is 4.51. The Kier molecular flexibility index (Phi) is 6.37. The number of carbonyl (C=O) groups excluding carboxylic acids is 2. The van der Waals surface area contributed by atoms with Crippen molar-refractivity contribution >= 4 is 17.4 Å². The van der Waals surface area contributed by atoms with Gasteiger partial charge in [0.25, 0.3) is 11.7 Å². The zero-order valence-corrected chi connectivity index (χ0v) is 17.1. The number of aliphatic hydroxyl groups is 1. The fourth-order valence-corrected chi connectivity index (χ4v) is 3.85. The Morgan fingerprint density at radius 1 is 1.07 bits per heavy atom. The molecule has 1 saturated heterocycles. The van der Waals surface area contributed by atoms with Gasteiger partial charge in [-0.25, -0.2) is 0 Å². The van der Waals surface area contributed by atoms with Gasteiger partial charge in [-0.2, -0.15) is 0 Å². The number of para-hydroxylation sites is 1. The predicted molar refractivity (Wildman–Crippen MR) is 113 cm³/mol. The van der Waals surface area contributed by atoms with Gasteiger partial charge in [-0.1, -0.05) is 56.2 Å². The maximum absolute atomic E-state index is 13.0. The number of amides is 1. The third-order valence-corrected chi connectivity index (χ3v) is 5.39. The van der Waals surface area contributed by atoms with Gasteiger partial charge in [0.05, 0.1) is 24.3 Å². The zero-order valence-electron chi connectivity index (χ0n) is 17.1. The number of Topliss-reactive ketones (excluding diaryl/α,β-unsaturated/α-hetero) is 1. The average Bonchev–Trinajstić information content (AvgIpc) is 2.98. The number of aryl methyl sites for hydroxylation is 1. The van der Waals surface area contributed by atoms with Crippen LogP contribution in [0.5, 0.6) is 5.75 Å². The maximum atomic E-state index is 13.0. The maximum Gasteiger partial charge on any atom is 0.295 e. The molecule has 1 fully saturated rings. The first kappa shape index (κ1) is 20.6. The Morgan fingerprint density at radius 3 is 2.45 bits per heavy atom.